The fourth-order valence-electron chi connectivity index (χ4n) is 2.60. The molecular weight excluding hydrogens is 265 g/mol. The van der Waals surface area contributed by atoms with Gasteiger partial charge in [0, 0.05) is 13.1 Å². The van der Waals surface area contributed by atoms with Gasteiger partial charge in [-0.3, -0.25) is 4.84 Å². The van der Waals surface area contributed by atoms with Crippen LogP contribution in [0.25, 0.3) is 11.1 Å². The van der Waals surface area contributed by atoms with Crippen molar-refractivity contribution in [3.05, 3.63) is 59.9 Å². The molecule has 21 heavy (non-hydrogen) atoms. The molecule has 0 bridgehead atoms. The van der Waals surface area contributed by atoms with Crippen LogP contribution in [0.5, 0.6) is 0 Å². The summed E-state index contributed by atoms with van der Waals surface area (Å²) in [5.41, 5.74) is 3.28. The summed E-state index contributed by atoms with van der Waals surface area (Å²) in [5.74, 6) is -0.203. The summed E-state index contributed by atoms with van der Waals surface area (Å²) in [7, 11) is 0. The lowest BCUT2D eigenvalue weighted by molar-refractivity contribution is -0.178. The first-order valence-corrected chi connectivity index (χ1v) is 7.54. The summed E-state index contributed by atoms with van der Waals surface area (Å²) < 4.78 is 12.9. The molecule has 3 heteroatoms. The van der Waals surface area contributed by atoms with Crippen LogP contribution in [0.3, 0.4) is 0 Å². The maximum atomic E-state index is 12.9. The number of benzene rings is 2. The molecule has 0 saturated carbocycles. The molecule has 0 unspecified atom stereocenters. The molecule has 0 aliphatic carbocycles. The number of halogens is 1. The molecule has 2 nitrogen and oxygen atoms in total. The lowest BCUT2D eigenvalue weighted by Gasteiger charge is -2.25. The highest BCUT2D eigenvalue weighted by atomic mass is 19.1. The Bertz CT molecular complexity index is 559. The molecule has 0 amide bonds. The molecule has 2 aromatic carbocycles. The standard InChI is InChI=1S/C18H20FNO/c19-18-10-8-17(9-11-18)16-6-4-15(5-7-16)14-21-20-12-2-1-3-13-20/h4-11H,1-3,12-14H2. The van der Waals surface area contributed by atoms with Gasteiger partial charge in [-0.25, -0.2) is 4.39 Å². The Hall–Kier alpha value is -1.71. The molecule has 0 N–H and O–H groups in total. The van der Waals surface area contributed by atoms with Crippen LogP contribution in [0.1, 0.15) is 24.8 Å². The molecular formula is C18H20FNO. The van der Waals surface area contributed by atoms with Crippen LogP contribution in [-0.2, 0) is 11.4 Å². The van der Waals surface area contributed by atoms with Crippen molar-refractivity contribution in [2.24, 2.45) is 0 Å². The maximum absolute atomic E-state index is 12.9. The van der Waals surface area contributed by atoms with Crippen molar-refractivity contribution < 1.29 is 9.23 Å². The Morgan fingerprint density at radius 3 is 2.00 bits per heavy atom. The van der Waals surface area contributed by atoms with Gasteiger partial charge < -0.3 is 0 Å². The van der Waals surface area contributed by atoms with Gasteiger partial charge in [-0.05, 0) is 41.7 Å². The number of hydrogen-bond donors (Lipinski definition) is 0. The molecule has 110 valence electrons. The normalized spacial score (nSPS) is 16.0. The lowest BCUT2D eigenvalue weighted by atomic mass is 10.0. The van der Waals surface area contributed by atoms with Crippen LogP contribution in [0, 0.1) is 5.82 Å². The van der Waals surface area contributed by atoms with Crippen molar-refractivity contribution in [1.29, 1.82) is 0 Å². The first-order valence-electron chi connectivity index (χ1n) is 7.54. The average Bonchev–Trinajstić information content (AvgIpc) is 2.55. The van der Waals surface area contributed by atoms with E-state index >= 15 is 0 Å². The van der Waals surface area contributed by atoms with E-state index in [-0.39, 0.29) is 5.82 Å². The number of rotatable bonds is 4. The number of hydrogen-bond acceptors (Lipinski definition) is 2. The van der Waals surface area contributed by atoms with E-state index in [2.05, 4.69) is 29.3 Å². The van der Waals surface area contributed by atoms with E-state index in [0.717, 1.165) is 29.8 Å². The van der Waals surface area contributed by atoms with Gasteiger partial charge in [0.25, 0.3) is 0 Å². The van der Waals surface area contributed by atoms with E-state index in [9.17, 15) is 4.39 Å². The average molecular weight is 285 g/mol. The second-order valence-electron chi connectivity index (χ2n) is 5.47. The summed E-state index contributed by atoms with van der Waals surface area (Å²) in [6.07, 6.45) is 3.76. The number of piperidine rings is 1. The Labute approximate surface area is 125 Å². The second-order valence-corrected chi connectivity index (χ2v) is 5.47. The van der Waals surface area contributed by atoms with E-state index < -0.39 is 0 Å². The van der Waals surface area contributed by atoms with Gasteiger partial charge in [-0.2, -0.15) is 5.06 Å². The minimum Gasteiger partial charge on any atom is -0.294 e. The highest BCUT2D eigenvalue weighted by molar-refractivity contribution is 5.63. The van der Waals surface area contributed by atoms with Crippen LogP contribution in [-0.4, -0.2) is 18.2 Å². The third kappa shape index (κ3) is 3.90. The van der Waals surface area contributed by atoms with Crippen LogP contribution in [0.15, 0.2) is 48.5 Å². The fraction of sp³-hybridized carbons (Fsp3) is 0.333. The minimum atomic E-state index is -0.203. The van der Waals surface area contributed by atoms with Gasteiger partial charge in [-0.15, -0.1) is 0 Å². The van der Waals surface area contributed by atoms with E-state index in [4.69, 9.17) is 4.84 Å². The minimum absolute atomic E-state index is 0.203. The molecule has 1 heterocycles. The zero-order valence-electron chi connectivity index (χ0n) is 12.1. The molecule has 3 rings (SSSR count). The SMILES string of the molecule is Fc1ccc(-c2ccc(CON3CCCCC3)cc2)cc1. The molecule has 0 radical (unpaired) electrons. The zero-order valence-corrected chi connectivity index (χ0v) is 12.1. The summed E-state index contributed by atoms with van der Waals surface area (Å²) in [6, 6.07) is 14.8. The zero-order chi connectivity index (χ0) is 14.5. The monoisotopic (exact) mass is 285 g/mol. The van der Waals surface area contributed by atoms with Crippen molar-refractivity contribution >= 4 is 0 Å². The lowest BCUT2D eigenvalue weighted by Crippen LogP contribution is -2.29. The van der Waals surface area contributed by atoms with Gasteiger partial charge in [0.05, 0.1) is 6.61 Å². The Morgan fingerprint density at radius 2 is 1.38 bits per heavy atom. The molecule has 1 saturated heterocycles. The van der Waals surface area contributed by atoms with Crippen LogP contribution in [0.4, 0.5) is 4.39 Å². The highest BCUT2D eigenvalue weighted by Crippen LogP contribution is 2.20. The highest BCUT2D eigenvalue weighted by Gasteiger charge is 2.10. The third-order valence-electron chi connectivity index (χ3n) is 3.86. The fourth-order valence-corrected chi connectivity index (χ4v) is 2.60. The molecule has 0 aromatic heterocycles. The van der Waals surface area contributed by atoms with Gasteiger partial charge in [-0.1, -0.05) is 42.8 Å². The quantitative estimate of drug-likeness (QED) is 0.825. The predicted molar refractivity (Wildman–Crippen MR) is 82.0 cm³/mol. The first-order chi connectivity index (χ1) is 10.3. The predicted octanol–water partition coefficient (Wildman–Crippen LogP) is 4.41. The van der Waals surface area contributed by atoms with Crippen molar-refractivity contribution in [2.45, 2.75) is 25.9 Å². The molecule has 1 fully saturated rings. The van der Waals surface area contributed by atoms with E-state index in [0.29, 0.717) is 6.61 Å². The van der Waals surface area contributed by atoms with Gasteiger partial charge >= 0.3 is 0 Å². The van der Waals surface area contributed by atoms with Crippen LogP contribution < -0.4 is 0 Å². The smallest absolute Gasteiger partial charge is 0.123 e. The summed E-state index contributed by atoms with van der Waals surface area (Å²) >= 11 is 0. The van der Waals surface area contributed by atoms with E-state index in [1.807, 2.05) is 0 Å². The largest absolute Gasteiger partial charge is 0.294 e. The molecule has 0 atom stereocenters. The summed E-state index contributed by atoms with van der Waals surface area (Å²) in [5, 5.41) is 2.07. The number of hydroxylamine groups is 2. The Balaban J connectivity index is 1.59. The maximum Gasteiger partial charge on any atom is 0.123 e. The van der Waals surface area contributed by atoms with Crippen molar-refractivity contribution in [3.8, 4) is 11.1 Å². The Morgan fingerprint density at radius 1 is 0.810 bits per heavy atom. The van der Waals surface area contributed by atoms with E-state index in [1.165, 1.54) is 31.4 Å². The third-order valence-corrected chi connectivity index (χ3v) is 3.86. The van der Waals surface area contributed by atoms with Gasteiger partial charge in [0.1, 0.15) is 5.82 Å². The van der Waals surface area contributed by atoms with Crippen LogP contribution >= 0.6 is 0 Å². The molecule has 1 aliphatic heterocycles. The Kier molecular flexibility index (Phi) is 4.63. The molecule has 2 aromatic rings. The summed E-state index contributed by atoms with van der Waals surface area (Å²) in [4.78, 5) is 5.81. The van der Waals surface area contributed by atoms with Crippen LogP contribution in [0.2, 0.25) is 0 Å². The summed E-state index contributed by atoms with van der Waals surface area (Å²) in [6.45, 7) is 2.69. The number of nitrogens with zero attached hydrogens (tertiary/aromatic N) is 1. The first kappa shape index (κ1) is 14.2. The second kappa shape index (κ2) is 6.83. The molecule has 1 aliphatic rings. The van der Waals surface area contributed by atoms with Gasteiger partial charge in [0.2, 0.25) is 0 Å². The van der Waals surface area contributed by atoms with Crippen molar-refractivity contribution in [2.75, 3.05) is 13.1 Å². The topological polar surface area (TPSA) is 12.5 Å². The van der Waals surface area contributed by atoms with Gasteiger partial charge in [0.15, 0.2) is 0 Å². The molecule has 0 spiro atoms. The van der Waals surface area contributed by atoms with Crippen molar-refractivity contribution in [1.82, 2.24) is 5.06 Å². The van der Waals surface area contributed by atoms with E-state index in [1.54, 1.807) is 12.1 Å². The van der Waals surface area contributed by atoms with Crippen molar-refractivity contribution in [3.63, 3.8) is 0 Å².